The number of hydrogen-bond acceptors (Lipinski definition) is 1. The molecule has 0 heterocycles. The molecule has 0 aromatic rings. The molecule has 1 nitrogen and oxygen atoms in total. The number of hydrogen-bond donors (Lipinski definition) is 0. The summed E-state index contributed by atoms with van der Waals surface area (Å²) < 4.78 is 6.21. The van der Waals surface area contributed by atoms with Crippen molar-refractivity contribution in [1.82, 2.24) is 0 Å². The highest BCUT2D eigenvalue weighted by Crippen LogP contribution is 2.29. The van der Waals surface area contributed by atoms with Crippen molar-refractivity contribution in [3.8, 4) is 0 Å². The lowest BCUT2D eigenvalue weighted by molar-refractivity contribution is 0.286. The monoisotopic (exact) mass is 268 g/mol. The highest BCUT2D eigenvalue weighted by atomic mass is 28.4. The van der Waals surface area contributed by atoms with Gasteiger partial charge in [0.25, 0.3) is 0 Å². The molecule has 0 aliphatic rings. The van der Waals surface area contributed by atoms with Crippen LogP contribution in [0.2, 0.25) is 19.6 Å². The minimum absolute atomic E-state index is 0.126. The first-order valence-corrected chi connectivity index (χ1v) is 10.6. The fourth-order valence-electron chi connectivity index (χ4n) is 1.67. The van der Waals surface area contributed by atoms with Gasteiger partial charge in [0.1, 0.15) is 0 Å². The predicted octanol–water partition coefficient (Wildman–Crippen LogP) is 5.90. The maximum absolute atomic E-state index is 6.21. The van der Waals surface area contributed by atoms with Gasteiger partial charge < -0.3 is 4.43 Å². The van der Waals surface area contributed by atoms with Crippen molar-refractivity contribution >= 4 is 8.32 Å². The van der Waals surface area contributed by atoms with Gasteiger partial charge in [-0.3, -0.25) is 0 Å². The van der Waals surface area contributed by atoms with Crippen LogP contribution in [-0.2, 0) is 4.43 Å². The molecule has 0 spiro atoms. The van der Waals surface area contributed by atoms with Crippen molar-refractivity contribution in [3.05, 3.63) is 24.5 Å². The molecule has 0 aliphatic heterocycles. The van der Waals surface area contributed by atoms with Crippen LogP contribution in [0.1, 0.15) is 52.9 Å². The SMILES string of the molecule is C=CCCCCC/C=C(\O[Si](C)(C)C)C(C)(C)C. The third-order valence-corrected chi connectivity index (χ3v) is 3.43. The van der Waals surface area contributed by atoms with Crippen LogP contribution in [0, 0.1) is 5.41 Å². The van der Waals surface area contributed by atoms with Gasteiger partial charge in [-0.2, -0.15) is 0 Å². The van der Waals surface area contributed by atoms with Crippen LogP contribution in [0.3, 0.4) is 0 Å². The van der Waals surface area contributed by atoms with Gasteiger partial charge >= 0.3 is 0 Å². The molecule has 0 radical (unpaired) electrons. The van der Waals surface area contributed by atoms with Crippen molar-refractivity contribution in [3.63, 3.8) is 0 Å². The Balaban J connectivity index is 4.27. The minimum atomic E-state index is -1.49. The summed E-state index contributed by atoms with van der Waals surface area (Å²) in [5, 5.41) is 0. The first-order valence-electron chi connectivity index (χ1n) is 7.17. The van der Waals surface area contributed by atoms with Crippen molar-refractivity contribution in [2.75, 3.05) is 0 Å². The summed E-state index contributed by atoms with van der Waals surface area (Å²) in [7, 11) is -1.49. The zero-order valence-electron chi connectivity index (χ0n) is 13.3. The maximum Gasteiger partial charge on any atom is 0.241 e. The van der Waals surface area contributed by atoms with E-state index in [-0.39, 0.29) is 5.41 Å². The third-order valence-electron chi connectivity index (χ3n) is 2.60. The van der Waals surface area contributed by atoms with E-state index in [9.17, 15) is 0 Å². The van der Waals surface area contributed by atoms with Gasteiger partial charge in [0.2, 0.25) is 8.32 Å². The Labute approximate surface area is 115 Å². The lowest BCUT2D eigenvalue weighted by Crippen LogP contribution is -2.29. The van der Waals surface area contributed by atoms with Crippen LogP contribution in [-0.4, -0.2) is 8.32 Å². The van der Waals surface area contributed by atoms with Crippen LogP contribution >= 0.6 is 0 Å². The van der Waals surface area contributed by atoms with Crippen LogP contribution in [0.5, 0.6) is 0 Å². The first kappa shape index (κ1) is 17.5. The zero-order chi connectivity index (χ0) is 14.2. The summed E-state index contributed by atoms with van der Waals surface area (Å²) in [6.45, 7) is 17.2. The van der Waals surface area contributed by atoms with Crippen molar-refractivity contribution in [2.24, 2.45) is 5.41 Å². The summed E-state index contributed by atoms with van der Waals surface area (Å²) in [6, 6.07) is 0. The molecule has 0 aliphatic carbocycles. The van der Waals surface area contributed by atoms with Gasteiger partial charge in [0.05, 0.1) is 5.76 Å². The maximum atomic E-state index is 6.21. The topological polar surface area (TPSA) is 9.23 Å². The summed E-state index contributed by atoms with van der Waals surface area (Å²) in [5.41, 5.74) is 0.126. The molecule has 0 fully saturated rings. The van der Waals surface area contributed by atoms with Crippen LogP contribution in [0.25, 0.3) is 0 Å². The molecule has 0 aromatic carbocycles. The normalized spacial score (nSPS) is 13.6. The minimum Gasteiger partial charge on any atom is -0.547 e. The van der Waals surface area contributed by atoms with Crippen molar-refractivity contribution in [2.45, 2.75) is 72.5 Å². The smallest absolute Gasteiger partial charge is 0.241 e. The van der Waals surface area contributed by atoms with E-state index in [0.29, 0.717) is 0 Å². The Bertz CT molecular complexity index is 266. The zero-order valence-corrected chi connectivity index (χ0v) is 14.3. The van der Waals surface area contributed by atoms with E-state index in [2.05, 4.69) is 53.1 Å². The lowest BCUT2D eigenvalue weighted by atomic mass is 9.93. The molecule has 0 amide bonds. The molecule has 0 saturated carbocycles. The number of allylic oxidation sites excluding steroid dienone is 3. The first-order chi connectivity index (χ1) is 8.17. The average molecular weight is 269 g/mol. The standard InChI is InChI=1S/C16H32OSi/c1-8-9-10-11-12-13-14-15(16(2,3)4)17-18(5,6)7/h8,14H,1,9-13H2,2-7H3/b15-14-. The summed E-state index contributed by atoms with van der Waals surface area (Å²) in [5.74, 6) is 1.19. The van der Waals surface area contributed by atoms with Crippen LogP contribution in [0.15, 0.2) is 24.5 Å². The van der Waals surface area contributed by atoms with Crippen LogP contribution in [0.4, 0.5) is 0 Å². The van der Waals surface area contributed by atoms with Gasteiger partial charge in [-0.05, 0) is 51.4 Å². The van der Waals surface area contributed by atoms with E-state index in [1.54, 1.807) is 0 Å². The molecule has 106 valence electrons. The molecule has 2 heteroatoms. The lowest BCUT2D eigenvalue weighted by Gasteiger charge is -2.30. The molecule has 0 unspecified atom stereocenters. The highest BCUT2D eigenvalue weighted by Gasteiger charge is 2.25. The molecule has 0 atom stereocenters. The molecule has 18 heavy (non-hydrogen) atoms. The van der Waals surface area contributed by atoms with E-state index in [4.69, 9.17) is 4.43 Å². The fraction of sp³-hybridized carbons (Fsp3) is 0.750. The van der Waals surface area contributed by atoms with Gasteiger partial charge in [-0.1, -0.05) is 33.3 Å². The Hall–Kier alpha value is -0.503. The Morgan fingerprint density at radius 2 is 1.61 bits per heavy atom. The molecule has 0 bridgehead atoms. The number of rotatable bonds is 8. The fourth-order valence-corrected chi connectivity index (χ4v) is 2.72. The molecular weight excluding hydrogens is 236 g/mol. The molecule has 0 rings (SSSR count). The van der Waals surface area contributed by atoms with Gasteiger partial charge in [-0.25, -0.2) is 0 Å². The summed E-state index contributed by atoms with van der Waals surface area (Å²) in [4.78, 5) is 0. The quantitative estimate of drug-likeness (QED) is 0.230. The van der Waals surface area contributed by atoms with E-state index in [0.717, 1.165) is 12.8 Å². The van der Waals surface area contributed by atoms with Gasteiger partial charge in [0, 0.05) is 5.41 Å². The molecule has 0 saturated heterocycles. The molecular formula is C16H32OSi. The summed E-state index contributed by atoms with van der Waals surface area (Å²) in [6.07, 6.45) is 10.4. The second-order valence-electron chi connectivity index (χ2n) is 6.96. The number of unbranched alkanes of at least 4 members (excludes halogenated alkanes) is 4. The Kier molecular flexibility index (Phi) is 7.61. The van der Waals surface area contributed by atoms with Gasteiger partial charge in [-0.15, -0.1) is 6.58 Å². The van der Waals surface area contributed by atoms with E-state index >= 15 is 0 Å². The molecule has 0 N–H and O–H groups in total. The third kappa shape index (κ3) is 9.52. The average Bonchev–Trinajstić information content (AvgIpc) is 2.18. The largest absolute Gasteiger partial charge is 0.547 e. The van der Waals surface area contributed by atoms with E-state index < -0.39 is 8.32 Å². The van der Waals surface area contributed by atoms with E-state index in [1.165, 1.54) is 25.0 Å². The summed E-state index contributed by atoms with van der Waals surface area (Å²) >= 11 is 0. The van der Waals surface area contributed by atoms with Gasteiger partial charge in [0.15, 0.2) is 0 Å². The van der Waals surface area contributed by atoms with Crippen LogP contribution < -0.4 is 0 Å². The Morgan fingerprint density at radius 3 is 2.06 bits per heavy atom. The van der Waals surface area contributed by atoms with Crippen molar-refractivity contribution < 1.29 is 4.43 Å². The second kappa shape index (κ2) is 7.83. The second-order valence-corrected chi connectivity index (χ2v) is 11.4. The highest BCUT2D eigenvalue weighted by molar-refractivity contribution is 6.70. The van der Waals surface area contributed by atoms with Crippen molar-refractivity contribution in [1.29, 1.82) is 0 Å². The van der Waals surface area contributed by atoms with E-state index in [1.807, 2.05) is 6.08 Å². The molecule has 0 aromatic heterocycles. The Morgan fingerprint density at radius 1 is 1.06 bits per heavy atom. The predicted molar refractivity (Wildman–Crippen MR) is 85.3 cm³/mol.